The van der Waals surface area contributed by atoms with Crippen LogP contribution in [0.15, 0.2) is 405 Å². The summed E-state index contributed by atoms with van der Waals surface area (Å²) in [4.78, 5) is 0. The molecule has 10 heteroatoms. The highest BCUT2D eigenvalue weighted by molar-refractivity contribution is 9.10. The number of nitrogens with zero attached hydrogens (tertiary/aromatic N) is 6. The quantitative estimate of drug-likeness (QED) is 0.142. The molecule has 622 valence electrons. The minimum atomic E-state index is -0.390. The molecule has 0 amide bonds. The fourth-order valence-corrected chi connectivity index (χ4v) is 22.4. The first-order chi connectivity index (χ1) is 63.4. The van der Waals surface area contributed by atoms with E-state index in [0.717, 1.165) is 21.3 Å². The molecule has 0 atom stereocenters. The van der Waals surface area contributed by atoms with Crippen molar-refractivity contribution in [2.75, 3.05) is 0 Å². The van der Waals surface area contributed by atoms with Crippen molar-refractivity contribution in [2.45, 2.75) is 77.4 Å². The third-order valence-electron chi connectivity index (χ3n) is 29.0. The fraction of sp³-hybridized carbons (Fsp3) is 0.100. The lowest BCUT2D eigenvalue weighted by Crippen LogP contribution is -2.41. The molecule has 27 rings (SSSR count). The monoisotopic (exact) mass is 1740 g/mol. The molecular formula is C120H90BBrN6O2. The second-order valence-corrected chi connectivity index (χ2v) is 38.4. The van der Waals surface area contributed by atoms with E-state index >= 15 is 0 Å². The second kappa shape index (κ2) is 29.1. The summed E-state index contributed by atoms with van der Waals surface area (Å²) in [7, 11) is -0.390. The number of para-hydroxylation sites is 8. The van der Waals surface area contributed by atoms with E-state index in [-0.39, 0.29) is 22.0 Å². The second-order valence-electron chi connectivity index (χ2n) is 37.5. The lowest BCUT2D eigenvalue weighted by molar-refractivity contribution is 0.00578. The van der Waals surface area contributed by atoms with Crippen LogP contribution < -0.4 is 5.46 Å². The van der Waals surface area contributed by atoms with E-state index < -0.39 is 7.12 Å². The molecule has 0 radical (unpaired) electrons. The van der Waals surface area contributed by atoms with Crippen LogP contribution in [0.25, 0.3) is 198 Å². The molecule has 18 aromatic carbocycles. The van der Waals surface area contributed by atoms with Gasteiger partial charge in [0.25, 0.3) is 0 Å². The van der Waals surface area contributed by atoms with E-state index in [4.69, 9.17) is 9.31 Å². The van der Waals surface area contributed by atoms with Gasteiger partial charge in [-0.15, -0.1) is 0 Å². The van der Waals surface area contributed by atoms with Crippen molar-refractivity contribution in [1.82, 2.24) is 27.4 Å². The van der Waals surface area contributed by atoms with Gasteiger partial charge in [-0.1, -0.05) is 262 Å². The van der Waals surface area contributed by atoms with Crippen molar-refractivity contribution in [3.05, 3.63) is 427 Å². The van der Waals surface area contributed by atoms with Crippen LogP contribution in [-0.4, -0.2) is 45.7 Å². The van der Waals surface area contributed by atoms with Crippen LogP contribution in [0.3, 0.4) is 0 Å². The third-order valence-corrected chi connectivity index (χ3v) is 29.5. The number of hydrogen-bond donors (Lipinski definition) is 0. The van der Waals surface area contributed by atoms with E-state index in [1.54, 1.807) is 0 Å². The van der Waals surface area contributed by atoms with Crippen LogP contribution in [-0.2, 0) is 20.1 Å². The lowest BCUT2D eigenvalue weighted by Gasteiger charge is -2.32. The summed E-state index contributed by atoms with van der Waals surface area (Å²) in [6.45, 7) is 17.8. The molecule has 1 saturated heterocycles. The normalized spacial score (nSPS) is 14.5. The lowest BCUT2D eigenvalue weighted by atomic mass is 9.78. The molecule has 6 aromatic heterocycles. The van der Waals surface area contributed by atoms with E-state index in [9.17, 15) is 0 Å². The molecule has 24 aromatic rings. The molecule has 0 unspecified atom stereocenters. The van der Waals surface area contributed by atoms with Gasteiger partial charge in [0.1, 0.15) is 0 Å². The Morgan fingerprint density at radius 3 is 0.838 bits per heavy atom. The van der Waals surface area contributed by atoms with E-state index in [2.05, 4.69) is 499 Å². The number of rotatable bonds is 8. The predicted molar refractivity (Wildman–Crippen MR) is 549 cm³/mol. The van der Waals surface area contributed by atoms with Crippen molar-refractivity contribution in [3.63, 3.8) is 0 Å². The van der Waals surface area contributed by atoms with E-state index in [1.807, 2.05) is 0 Å². The summed E-state index contributed by atoms with van der Waals surface area (Å²) < 4.78 is 28.4. The van der Waals surface area contributed by atoms with Crippen molar-refractivity contribution in [3.8, 4) is 67.5 Å². The molecular weight excluding hydrogens is 1650 g/mol. The maximum absolute atomic E-state index is 6.42. The van der Waals surface area contributed by atoms with Crippen LogP contribution >= 0.6 is 15.9 Å². The van der Waals surface area contributed by atoms with Crippen LogP contribution in [0.4, 0.5) is 0 Å². The summed E-state index contributed by atoms with van der Waals surface area (Å²) in [5.41, 5.74) is 35.1. The zero-order valence-electron chi connectivity index (χ0n) is 73.6. The maximum atomic E-state index is 6.42. The van der Waals surface area contributed by atoms with Gasteiger partial charge >= 0.3 is 7.12 Å². The highest BCUT2D eigenvalue weighted by atomic mass is 79.9. The van der Waals surface area contributed by atoms with E-state index in [1.165, 1.54) is 209 Å². The highest BCUT2D eigenvalue weighted by Gasteiger charge is 2.52. The summed E-state index contributed by atoms with van der Waals surface area (Å²) in [5.74, 6) is 0. The van der Waals surface area contributed by atoms with E-state index in [0.29, 0.717) is 0 Å². The van der Waals surface area contributed by atoms with Crippen molar-refractivity contribution in [1.29, 1.82) is 0 Å². The summed E-state index contributed by atoms with van der Waals surface area (Å²) in [6, 6.07) is 146. The Labute approximate surface area is 762 Å². The molecule has 0 N–H and O–H groups in total. The predicted octanol–water partition coefficient (Wildman–Crippen LogP) is 31.0. The fourth-order valence-electron chi connectivity index (χ4n) is 22.0. The minimum absolute atomic E-state index is 0.0497. The van der Waals surface area contributed by atoms with Gasteiger partial charge in [0.05, 0.1) is 77.4 Å². The molecule has 8 nitrogen and oxygen atoms in total. The molecule has 0 bridgehead atoms. The van der Waals surface area contributed by atoms with Gasteiger partial charge in [0, 0.05) is 114 Å². The number of halogens is 1. The summed E-state index contributed by atoms with van der Waals surface area (Å²) in [5, 5.41) is 15.1. The largest absolute Gasteiger partial charge is 0.494 e. The first-order valence-electron chi connectivity index (χ1n) is 45.2. The first kappa shape index (κ1) is 77.6. The molecule has 1 aliphatic heterocycles. The zero-order chi connectivity index (χ0) is 87.4. The average Bonchev–Trinajstić information content (AvgIpc) is 1.55. The topological polar surface area (TPSA) is 48.0 Å². The third kappa shape index (κ3) is 11.8. The molecule has 1 fully saturated rings. The number of fused-ring (bicyclic) bond motifs is 24. The van der Waals surface area contributed by atoms with Crippen LogP contribution in [0.1, 0.15) is 77.6 Å². The Hall–Kier alpha value is -14.8. The Morgan fingerprint density at radius 2 is 0.469 bits per heavy atom. The molecule has 3 aliphatic rings. The zero-order valence-corrected chi connectivity index (χ0v) is 75.1. The van der Waals surface area contributed by atoms with Crippen LogP contribution in [0.2, 0.25) is 0 Å². The molecule has 130 heavy (non-hydrogen) atoms. The Balaban J connectivity index is 0.000000112. The SMILES string of the molecule is Brc1ccc2c(c1)c1cc3c4ccccc4n(-c4ccccc4)c3cc1n2-c1ccccc1.CC1(C)c2ccccc2-c2cc3c4cc(-c5ccc6c(c5)c5cc7c8ccccc8n(-c8ccccc8)c7cc5n6-c5ccccc5)ccc4n(-c4ccccc4)c3cc21.CC1(C)c2ccccc2-c2cc3c4cc(B5OC(C)(C)C(C)(C)O5)ccc4n(-c4ccccc4)c3cc21. The Morgan fingerprint density at radius 1 is 0.200 bits per heavy atom. The number of benzene rings is 18. The van der Waals surface area contributed by atoms with Gasteiger partial charge in [-0.3, -0.25) is 0 Å². The Kier molecular flexibility index (Phi) is 17.4. The smallest absolute Gasteiger partial charge is 0.399 e. The van der Waals surface area contributed by atoms with Crippen LogP contribution in [0.5, 0.6) is 0 Å². The number of hydrogen-bond acceptors (Lipinski definition) is 2. The summed E-state index contributed by atoms with van der Waals surface area (Å²) >= 11 is 3.69. The molecule has 7 heterocycles. The van der Waals surface area contributed by atoms with Gasteiger partial charge in [0.2, 0.25) is 0 Å². The van der Waals surface area contributed by atoms with Crippen molar-refractivity contribution >= 4 is 159 Å². The standard InChI is InChI=1S/C57H39N3.C33H32BNO2.C30H19BrN2/c1-57(2)49-24-14-12-22-41(49)43-32-47-44-30-36(26-28-52(44)59(54(47)34-50(43)57)39-18-8-4-9-19-39)37-27-29-53-45(31-37)48-33-46-42-23-13-15-25-51(42)58(38-16-6-3-7-17-38)55(46)35-56(48)60(53)40-20-10-5-11-21-40;1-31(2)27-15-11-10-14-23(27)24-19-26-25-18-21(34-36-32(3,4)33(5,6)37-34)16-17-29(25)35(30(26)20-28(24)31)22-12-8-7-9-13-22;31-20-15-16-28-24(17-20)26-18-25-23-13-7-8-14-27(23)32(21-9-3-1-4-10-21)29(25)19-30(26)33(28)22-11-5-2-6-12-22/h3-35H,1-2H3;7-20H,1-6H3;1-19H. The molecule has 0 spiro atoms. The van der Waals surface area contributed by atoms with Gasteiger partial charge in [-0.25, -0.2) is 0 Å². The molecule has 0 saturated carbocycles. The van der Waals surface area contributed by atoms with Crippen molar-refractivity contribution in [2.24, 2.45) is 0 Å². The van der Waals surface area contributed by atoms with Gasteiger partial charge in [-0.05, 0) is 271 Å². The van der Waals surface area contributed by atoms with Crippen LogP contribution in [0, 0.1) is 0 Å². The van der Waals surface area contributed by atoms with Gasteiger partial charge < -0.3 is 36.7 Å². The molecule has 2 aliphatic carbocycles. The average molecular weight is 1740 g/mol. The minimum Gasteiger partial charge on any atom is -0.399 e. The Bertz CT molecular complexity index is 8780. The maximum Gasteiger partial charge on any atom is 0.494 e. The first-order valence-corrected chi connectivity index (χ1v) is 46.0. The van der Waals surface area contributed by atoms with Gasteiger partial charge in [-0.2, -0.15) is 0 Å². The number of aromatic nitrogens is 6. The van der Waals surface area contributed by atoms with Gasteiger partial charge in [0.15, 0.2) is 0 Å². The van der Waals surface area contributed by atoms with Crippen molar-refractivity contribution < 1.29 is 9.31 Å². The summed E-state index contributed by atoms with van der Waals surface area (Å²) in [6.07, 6.45) is 0. The highest BCUT2D eigenvalue weighted by Crippen LogP contribution is 2.55.